The molecule has 4 unspecified atom stereocenters. The van der Waals surface area contributed by atoms with Crippen molar-refractivity contribution in [2.75, 3.05) is 7.11 Å². The van der Waals surface area contributed by atoms with Crippen molar-refractivity contribution in [2.24, 2.45) is 0 Å². The van der Waals surface area contributed by atoms with Crippen molar-refractivity contribution in [1.82, 2.24) is 0 Å². The number of allylic oxidation sites excluding steroid dienone is 2. The summed E-state index contributed by atoms with van der Waals surface area (Å²) in [5, 5.41) is 19.8. The average Bonchev–Trinajstić information content (AvgIpc) is 2.67. The molecule has 1 aliphatic heterocycles. The number of carbonyl (C=O) groups excluding carboxylic acids is 1. The lowest BCUT2D eigenvalue weighted by Crippen LogP contribution is -2.24. The zero-order valence-corrected chi connectivity index (χ0v) is 11.3. The Labute approximate surface area is 112 Å². The zero-order valence-electron chi connectivity index (χ0n) is 11.3. The molecular formula is C14H20O5. The lowest BCUT2D eigenvalue weighted by Gasteiger charge is -2.10. The van der Waals surface area contributed by atoms with Crippen molar-refractivity contribution in [1.29, 1.82) is 0 Å². The minimum Gasteiger partial charge on any atom is -0.467 e. The number of rotatable bonds is 4. The summed E-state index contributed by atoms with van der Waals surface area (Å²) in [4.78, 5) is 11.2. The molecule has 106 valence electrons. The molecule has 1 fully saturated rings. The van der Waals surface area contributed by atoms with Gasteiger partial charge in [-0.1, -0.05) is 24.3 Å². The highest BCUT2D eigenvalue weighted by Gasteiger charge is 2.36. The molecule has 0 bridgehead atoms. The van der Waals surface area contributed by atoms with Crippen LogP contribution in [0.15, 0.2) is 36.0 Å². The summed E-state index contributed by atoms with van der Waals surface area (Å²) in [6, 6.07) is 0. The molecular weight excluding hydrogens is 248 g/mol. The molecule has 0 amide bonds. The molecule has 1 aliphatic rings. The van der Waals surface area contributed by atoms with E-state index in [1.807, 2.05) is 13.8 Å². The quantitative estimate of drug-likeness (QED) is 0.580. The highest BCUT2D eigenvalue weighted by Crippen LogP contribution is 2.28. The first-order valence-corrected chi connectivity index (χ1v) is 6.11. The number of hydrogen-bond donors (Lipinski definition) is 2. The molecule has 0 aromatic carbocycles. The first kappa shape index (κ1) is 15.6. The average molecular weight is 268 g/mol. The van der Waals surface area contributed by atoms with Crippen molar-refractivity contribution in [3.8, 4) is 0 Å². The second-order valence-corrected chi connectivity index (χ2v) is 4.15. The second kappa shape index (κ2) is 7.23. The summed E-state index contributed by atoms with van der Waals surface area (Å²) in [6.45, 7) is 3.65. The van der Waals surface area contributed by atoms with Crippen molar-refractivity contribution in [3.05, 3.63) is 36.0 Å². The monoisotopic (exact) mass is 268 g/mol. The lowest BCUT2D eigenvalue weighted by molar-refractivity contribution is -0.147. The van der Waals surface area contributed by atoms with Crippen molar-refractivity contribution < 1.29 is 24.5 Å². The number of aliphatic hydroxyl groups excluding tert-OH is 2. The number of hydrogen-bond acceptors (Lipinski definition) is 5. The van der Waals surface area contributed by atoms with Crippen LogP contribution in [0.1, 0.15) is 13.8 Å². The Hall–Kier alpha value is -1.43. The highest BCUT2D eigenvalue weighted by molar-refractivity contribution is 5.76. The van der Waals surface area contributed by atoms with Crippen LogP contribution >= 0.6 is 0 Å². The Kier molecular flexibility index (Phi) is 5.95. The van der Waals surface area contributed by atoms with E-state index in [0.29, 0.717) is 5.57 Å². The topological polar surface area (TPSA) is 76.0 Å². The third-order valence-electron chi connectivity index (χ3n) is 2.83. The van der Waals surface area contributed by atoms with E-state index in [1.165, 1.54) is 13.2 Å². The summed E-state index contributed by atoms with van der Waals surface area (Å²) in [5.74, 6) is -0.770. The Morgan fingerprint density at radius 3 is 2.53 bits per heavy atom. The molecule has 0 saturated carbocycles. The minimum absolute atomic E-state index is 0.458. The van der Waals surface area contributed by atoms with Gasteiger partial charge in [-0.05, 0) is 25.5 Å². The standard InChI is InChI=1S/C14H20O5/c1-4-6-11-9(8-10(15)14(17)18-3)13(16)12(19-11)7-5-2/h4-8,10-13,15-16H,1-3H3/b6-4+,7-5+,9-8+. The Balaban J connectivity index is 2.99. The van der Waals surface area contributed by atoms with E-state index in [-0.39, 0.29) is 0 Å². The molecule has 0 aromatic rings. The SMILES string of the molecule is C/C=C/C1OC(/C=C/C)C(O)/C1=C/C(O)C(=O)OC. The number of carbonyl (C=O) groups is 1. The lowest BCUT2D eigenvalue weighted by atomic mass is 10.0. The molecule has 1 rings (SSSR count). The summed E-state index contributed by atoms with van der Waals surface area (Å²) in [7, 11) is 1.19. The second-order valence-electron chi connectivity index (χ2n) is 4.15. The maximum Gasteiger partial charge on any atom is 0.338 e. The van der Waals surface area contributed by atoms with Gasteiger partial charge in [0.25, 0.3) is 0 Å². The predicted octanol–water partition coefficient (Wildman–Crippen LogP) is 0.727. The number of aliphatic hydroxyl groups is 2. The molecule has 5 heteroatoms. The van der Waals surface area contributed by atoms with Gasteiger partial charge in [0.15, 0.2) is 6.10 Å². The molecule has 19 heavy (non-hydrogen) atoms. The fraction of sp³-hybridized carbons (Fsp3) is 0.500. The third-order valence-corrected chi connectivity index (χ3v) is 2.83. The van der Waals surface area contributed by atoms with Gasteiger partial charge < -0.3 is 19.7 Å². The van der Waals surface area contributed by atoms with Gasteiger partial charge in [0.05, 0.1) is 7.11 Å². The third kappa shape index (κ3) is 3.76. The molecule has 0 aromatic heterocycles. The summed E-state index contributed by atoms with van der Waals surface area (Å²) in [5.41, 5.74) is 0.458. The molecule has 0 aliphatic carbocycles. The van der Waals surface area contributed by atoms with Gasteiger partial charge in [0, 0.05) is 0 Å². The van der Waals surface area contributed by atoms with E-state index in [9.17, 15) is 15.0 Å². The Bertz CT molecular complexity index is 397. The van der Waals surface area contributed by atoms with Crippen molar-refractivity contribution >= 4 is 5.97 Å². The number of ether oxygens (including phenoxy) is 2. The zero-order chi connectivity index (χ0) is 14.4. The number of methoxy groups -OCH3 is 1. The van der Waals surface area contributed by atoms with Gasteiger partial charge >= 0.3 is 5.97 Å². The van der Waals surface area contributed by atoms with Crippen LogP contribution in [0.3, 0.4) is 0 Å². The largest absolute Gasteiger partial charge is 0.467 e. The van der Waals surface area contributed by atoms with Crippen LogP contribution < -0.4 is 0 Å². The maximum absolute atomic E-state index is 11.2. The summed E-state index contributed by atoms with van der Waals surface area (Å²) >= 11 is 0. The maximum atomic E-state index is 11.2. The van der Waals surface area contributed by atoms with Gasteiger partial charge in [-0.2, -0.15) is 0 Å². The molecule has 1 heterocycles. The fourth-order valence-corrected chi connectivity index (χ4v) is 1.92. The molecule has 4 atom stereocenters. The van der Waals surface area contributed by atoms with E-state index < -0.39 is 30.4 Å². The highest BCUT2D eigenvalue weighted by atomic mass is 16.5. The molecule has 1 saturated heterocycles. The van der Waals surface area contributed by atoms with Crippen LogP contribution in [0, 0.1) is 0 Å². The first-order valence-electron chi connectivity index (χ1n) is 6.11. The van der Waals surface area contributed by atoms with Gasteiger partial charge in [0.1, 0.15) is 18.3 Å². The van der Waals surface area contributed by atoms with Crippen LogP contribution in [0.2, 0.25) is 0 Å². The molecule has 0 spiro atoms. The van der Waals surface area contributed by atoms with Crippen LogP contribution in [0.25, 0.3) is 0 Å². The van der Waals surface area contributed by atoms with Gasteiger partial charge in [-0.25, -0.2) is 4.79 Å². The van der Waals surface area contributed by atoms with Crippen LogP contribution in [0.4, 0.5) is 0 Å². The first-order chi connectivity index (χ1) is 9.04. The van der Waals surface area contributed by atoms with Gasteiger partial charge in [0.2, 0.25) is 0 Å². The summed E-state index contributed by atoms with van der Waals surface area (Å²) in [6.07, 6.45) is 5.09. The number of esters is 1. The Morgan fingerprint density at radius 2 is 2.00 bits per heavy atom. The van der Waals surface area contributed by atoms with E-state index in [1.54, 1.807) is 24.3 Å². The van der Waals surface area contributed by atoms with Crippen LogP contribution in [-0.4, -0.2) is 47.7 Å². The van der Waals surface area contributed by atoms with Crippen molar-refractivity contribution in [3.63, 3.8) is 0 Å². The van der Waals surface area contributed by atoms with E-state index in [4.69, 9.17) is 4.74 Å². The summed E-state index contributed by atoms with van der Waals surface area (Å²) < 4.78 is 10.1. The van der Waals surface area contributed by atoms with Crippen LogP contribution in [-0.2, 0) is 14.3 Å². The fourth-order valence-electron chi connectivity index (χ4n) is 1.92. The smallest absolute Gasteiger partial charge is 0.338 e. The molecule has 0 radical (unpaired) electrons. The van der Waals surface area contributed by atoms with Crippen LogP contribution in [0.5, 0.6) is 0 Å². The molecule has 5 nitrogen and oxygen atoms in total. The Morgan fingerprint density at radius 1 is 1.37 bits per heavy atom. The van der Waals surface area contributed by atoms with Crippen molar-refractivity contribution in [2.45, 2.75) is 38.3 Å². The molecule has 2 N–H and O–H groups in total. The normalized spacial score (nSPS) is 31.4. The van der Waals surface area contributed by atoms with Gasteiger partial charge in [-0.3, -0.25) is 0 Å². The van der Waals surface area contributed by atoms with E-state index in [0.717, 1.165) is 0 Å². The minimum atomic E-state index is -1.41. The predicted molar refractivity (Wildman–Crippen MR) is 70.4 cm³/mol. The van der Waals surface area contributed by atoms with E-state index >= 15 is 0 Å². The van der Waals surface area contributed by atoms with Gasteiger partial charge in [-0.15, -0.1) is 0 Å². The van der Waals surface area contributed by atoms with E-state index in [2.05, 4.69) is 4.74 Å².